The first kappa shape index (κ1) is 13.5. The molecule has 0 bridgehead atoms. The largest absolute Gasteiger partial charge is 0.460 e. The number of aromatic nitrogens is 4. The predicted molar refractivity (Wildman–Crippen MR) is 56.1 cm³/mol. The number of nitrogens with one attached hydrogen (secondary N) is 1. The van der Waals surface area contributed by atoms with Gasteiger partial charge in [-0.15, -0.1) is 5.10 Å². The monoisotopic (exact) mass is 256 g/mol. The first-order valence-electron chi connectivity index (χ1n) is 5.07. The molecule has 0 aliphatic heterocycles. The third kappa shape index (κ3) is 3.81. The molecule has 1 rings (SSSR count). The zero-order valence-electron chi connectivity index (χ0n) is 9.62. The van der Waals surface area contributed by atoms with Crippen molar-refractivity contribution in [3.8, 4) is 0 Å². The summed E-state index contributed by atoms with van der Waals surface area (Å²) in [5.74, 6) is -1.38. The summed E-state index contributed by atoms with van der Waals surface area (Å²) in [5.41, 5.74) is 4.77. The maximum atomic E-state index is 11.4. The van der Waals surface area contributed by atoms with Gasteiger partial charge in [-0.3, -0.25) is 10.1 Å². The van der Waals surface area contributed by atoms with Crippen LogP contribution in [0, 0.1) is 0 Å². The molecule has 0 aliphatic carbocycles. The summed E-state index contributed by atoms with van der Waals surface area (Å²) in [5, 5.41) is 12.2. The molecular weight excluding hydrogens is 244 g/mol. The molecular formula is C8H12N6O4. The van der Waals surface area contributed by atoms with Gasteiger partial charge in [0.25, 0.3) is 5.82 Å². The van der Waals surface area contributed by atoms with Gasteiger partial charge in [0.1, 0.15) is 0 Å². The van der Waals surface area contributed by atoms with Crippen LogP contribution >= 0.6 is 0 Å². The molecule has 0 aromatic carbocycles. The van der Waals surface area contributed by atoms with Crippen LogP contribution in [-0.4, -0.2) is 44.7 Å². The Balaban J connectivity index is 2.58. The highest BCUT2D eigenvalue weighted by atomic mass is 16.5. The molecule has 18 heavy (non-hydrogen) atoms. The number of hydrogen-bond acceptors (Lipinski definition) is 7. The minimum absolute atomic E-state index is 0.0280. The van der Waals surface area contributed by atoms with Crippen LogP contribution in [0.5, 0.6) is 0 Å². The van der Waals surface area contributed by atoms with E-state index in [1.54, 1.807) is 6.92 Å². The molecule has 10 nitrogen and oxygen atoms in total. The van der Waals surface area contributed by atoms with Crippen molar-refractivity contribution < 1.29 is 19.1 Å². The van der Waals surface area contributed by atoms with E-state index in [-0.39, 0.29) is 25.4 Å². The molecule has 1 heterocycles. The second-order valence-electron chi connectivity index (χ2n) is 3.11. The molecule has 0 fully saturated rings. The summed E-state index contributed by atoms with van der Waals surface area (Å²) in [6.45, 7) is 1.86. The lowest BCUT2D eigenvalue weighted by Crippen LogP contribution is -2.35. The summed E-state index contributed by atoms with van der Waals surface area (Å²) in [7, 11) is 0. The number of aryl methyl sites for hydroxylation is 1. The minimum atomic E-state index is -0.942. The van der Waals surface area contributed by atoms with Crippen molar-refractivity contribution >= 4 is 17.9 Å². The fourth-order valence-electron chi connectivity index (χ4n) is 1.10. The quantitative estimate of drug-likeness (QED) is 0.606. The van der Waals surface area contributed by atoms with E-state index in [2.05, 4.69) is 15.5 Å². The summed E-state index contributed by atoms with van der Waals surface area (Å²) in [6, 6.07) is -0.942. The van der Waals surface area contributed by atoms with E-state index >= 15 is 0 Å². The van der Waals surface area contributed by atoms with Gasteiger partial charge >= 0.3 is 12.0 Å². The molecule has 0 atom stereocenters. The van der Waals surface area contributed by atoms with Crippen LogP contribution in [0.1, 0.15) is 24.0 Å². The summed E-state index contributed by atoms with van der Waals surface area (Å²) < 4.78 is 5.83. The number of nitrogens with zero attached hydrogens (tertiary/aromatic N) is 4. The maximum absolute atomic E-state index is 11.4. The molecule has 1 aromatic rings. The van der Waals surface area contributed by atoms with E-state index in [1.165, 1.54) is 0 Å². The number of esters is 1. The second-order valence-corrected chi connectivity index (χ2v) is 3.11. The van der Waals surface area contributed by atoms with Gasteiger partial charge in [-0.1, -0.05) is 0 Å². The molecule has 0 aliphatic rings. The topological polar surface area (TPSA) is 142 Å². The number of primary amides is 1. The van der Waals surface area contributed by atoms with Gasteiger partial charge in [0.2, 0.25) is 5.91 Å². The van der Waals surface area contributed by atoms with Gasteiger partial charge in [-0.05, 0) is 17.4 Å². The standard InChI is InChI=1S/C8H12N6O4/c1-2-18-7(16)6-11-12-13-14(6)4-3-5(15)10-8(9)17/h2-4H2,1H3,(H3,9,10,15,17). The van der Waals surface area contributed by atoms with Gasteiger partial charge in [-0.2, -0.15) is 0 Å². The molecule has 0 saturated carbocycles. The normalized spacial score (nSPS) is 9.83. The predicted octanol–water partition coefficient (Wildman–Crippen LogP) is -1.57. The second kappa shape index (κ2) is 6.27. The minimum Gasteiger partial charge on any atom is -0.460 e. The van der Waals surface area contributed by atoms with Crippen molar-refractivity contribution in [2.24, 2.45) is 5.73 Å². The highest BCUT2D eigenvalue weighted by Crippen LogP contribution is 1.97. The molecule has 3 N–H and O–H groups in total. The molecule has 0 radical (unpaired) electrons. The zero-order chi connectivity index (χ0) is 13.5. The average Bonchev–Trinajstić information content (AvgIpc) is 2.73. The van der Waals surface area contributed by atoms with Crippen LogP contribution in [0.3, 0.4) is 0 Å². The van der Waals surface area contributed by atoms with E-state index in [0.717, 1.165) is 4.68 Å². The zero-order valence-corrected chi connectivity index (χ0v) is 9.62. The highest BCUT2D eigenvalue weighted by molar-refractivity contribution is 5.93. The van der Waals surface area contributed by atoms with Crippen LogP contribution in [-0.2, 0) is 16.1 Å². The Bertz CT molecular complexity index is 456. The average molecular weight is 256 g/mol. The number of amides is 3. The van der Waals surface area contributed by atoms with E-state index in [0.29, 0.717) is 0 Å². The van der Waals surface area contributed by atoms with E-state index in [1.807, 2.05) is 5.32 Å². The first-order valence-corrected chi connectivity index (χ1v) is 5.07. The molecule has 0 spiro atoms. The van der Waals surface area contributed by atoms with Crippen LogP contribution < -0.4 is 11.1 Å². The molecule has 1 aromatic heterocycles. The van der Waals surface area contributed by atoms with Gasteiger partial charge in [-0.25, -0.2) is 14.3 Å². The van der Waals surface area contributed by atoms with E-state index < -0.39 is 17.9 Å². The Morgan fingerprint density at radius 1 is 1.44 bits per heavy atom. The lowest BCUT2D eigenvalue weighted by atomic mass is 10.4. The van der Waals surface area contributed by atoms with Crippen molar-refractivity contribution in [2.45, 2.75) is 19.9 Å². The number of ether oxygens (including phenoxy) is 1. The van der Waals surface area contributed by atoms with Gasteiger partial charge in [0.05, 0.1) is 13.2 Å². The number of rotatable bonds is 5. The number of tetrazole rings is 1. The Kier molecular flexibility index (Phi) is 4.72. The van der Waals surface area contributed by atoms with Crippen LogP contribution in [0.4, 0.5) is 4.79 Å². The summed E-state index contributed by atoms with van der Waals surface area (Å²) in [4.78, 5) is 32.9. The lowest BCUT2D eigenvalue weighted by Gasteiger charge is -2.03. The Morgan fingerprint density at radius 3 is 2.78 bits per heavy atom. The molecule has 10 heteroatoms. The number of carbonyl (C=O) groups is 3. The highest BCUT2D eigenvalue weighted by Gasteiger charge is 2.17. The molecule has 3 amide bonds. The Morgan fingerprint density at radius 2 is 2.17 bits per heavy atom. The smallest absolute Gasteiger partial charge is 0.378 e. The molecule has 0 unspecified atom stereocenters. The van der Waals surface area contributed by atoms with Gasteiger partial charge in [0.15, 0.2) is 0 Å². The fourth-order valence-corrected chi connectivity index (χ4v) is 1.10. The van der Waals surface area contributed by atoms with Gasteiger partial charge in [0, 0.05) is 6.42 Å². The molecule has 98 valence electrons. The first-order chi connectivity index (χ1) is 8.54. The summed E-state index contributed by atoms with van der Waals surface area (Å²) >= 11 is 0. The van der Waals surface area contributed by atoms with Gasteiger partial charge < -0.3 is 10.5 Å². The van der Waals surface area contributed by atoms with Crippen LogP contribution in [0.15, 0.2) is 0 Å². The number of nitrogens with two attached hydrogens (primary N) is 1. The van der Waals surface area contributed by atoms with Crippen molar-refractivity contribution in [1.29, 1.82) is 0 Å². The SMILES string of the molecule is CCOC(=O)c1nnnn1CCC(=O)NC(N)=O. The van der Waals surface area contributed by atoms with Crippen molar-refractivity contribution in [3.63, 3.8) is 0 Å². The third-order valence-corrected chi connectivity index (χ3v) is 1.80. The van der Waals surface area contributed by atoms with Crippen LogP contribution in [0.2, 0.25) is 0 Å². The number of carbonyl (C=O) groups excluding carboxylic acids is 3. The molecule has 0 saturated heterocycles. The lowest BCUT2D eigenvalue weighted by molar-refractivity contribution is -0.120. The number of imide groups is 1. The van der Waals surface area contributed by atoms with E-state index in [9.17, 15) is 14.4 Å². The number of urea groups is 1. The van der Waals surface area contributed by atoms with E-state index in [4.69, 9.17) is 10.5 Å². The maximum Gasteiger partial charge on any atom is 0.378 e. The van der Waals surface area contributed by atoms with Crippen molar-refractivity contribution in [3.05, 3.63) is 5.82 Å². The summed E-state index contributed by atoms with van der Waals surface area (Å²) in [6.07, 6.45) is -0.0968. The fraction of sp³-hybridized carbons (Fsp3) is 0.500. The van der Waals surface area contributed by atoms with Crippen LogP contribution in [0.25, 0.3) is 0 Å². The van der Waals surface area contributed by atoms with Crippen molar-refractivity contribution in [1.82, 2.24) is 25.5 Å². The Hall–Kier alpha value is -2.52. The third-order valence-electron chi connectivity index (χ3n) is 1.80. The Labute approximate surface area is 101 Å². The van der Waals surface area contributed by atoms with Crippen molar-refractivity contribution in [2.75, 3.05) is 6.61 Å². The number of hydrogen-bond donors (Lipinski definition) is 2.